The van der Waals surface area contributed by atoms with Crippen LogP contribution in [0.2, 0.25) is 0 Å². The smallest absolute Gasteiger partial charge is 0.354 e. The number of anilines is 3. The highest BCUT2D eigenvalue weighted by Crippen LogP contribution is 2.15. The zero-order chi connectivity index (χ0) is 32.8. The number of carbonyl (C=O) groups is 3. The summed E-state index contributed by atoms with van der Waals surface area (Å²) in [5.74, 6) is -2.59. The van der Waals surface area contributed by atoms with Crippen LogP contribution in [0.1, 0.15) is 48.0 Å². The van der Waals surface area contributed by atoms with E-state index in [1.54, 1.807) is 36.4 Å². The molecule has 46 heavy (non-hydrogen) atoms. The number of nitrogens with one attached hydrogen (secondary N) is 2. The molecule has 240 valence electrons. The first-order valence-electron chi connectivity index (χ1n) is 13.1. The second kappa shape index (κ2) is 14.7. The summed E-state index contributed by atoms with van der Waals surface area (Å²) in [5, 5.41) is 18.4. The van der Waals surface area contributed by atoms with Crippen molar-refractivity contribution in [3.8, 4) is 0 Å². The summed E-state index contributed by atoms with van der Waals surface area (Å²) >= 11 is 0. The third-order valence-corrected chi connectivity index (χ3v) is 6.47. The van der Waals surface area contributed by atoms with Crippen LogP contribution in [0.5, 0.6) is 0 Å². The first-order chi connectivity index (χ1) is 21.4. The van der Waals surface area contributed by atoms with Crippen molar-refractivity contribution in [2.75, 3.05) is 23.9 Å². The number of fused-ring (bicyclic) bond motifs is 1. The van der Waals surface area contributed by atoms with Crippen molar-refractivity contribution in [2.24, 2.45) is 5.73 Å². The minimum absolute atomic E-state index is 0. The number of halogens is 2. The lowest BCUT2D eigenvalue weighted by molar-refractivity contribution is 0.0599. The number of aromatic carboxylic acids is 1. The summed E-state index contributed by atoms with van der Waals surface area (Å²) in [6.45, 7) is 0.543. The molecule has 9 N–H and O–H groups in total. The van der Waals surface area contributed by atoms with Crippen LogP contribution in [0, 0.1) is 5.82 Å². The second-order valence-corrected chi connectivity index (χ2v) is 9.47. The highest BCUT2D eigenvalue weighted by Gasteiger charge is 2.19. The number of nitrogen functional groups attached to an aromatic ring is 2. The van der Waals surface area contributed by atoms with E-state index in [1.807, 2.05) is 0 Å². The SMILES string of the molecule is COC(=O)c1ccc(CNC(=O)c2cc(C(=O)O)n3nc(N)cc3n2)cc1.Cl.NCc1ccc(F)c(CNc2c(N)c(=O)c2=O)c1. The molecule has 5 aromatic rings. The first-order valence-corrected chi connectivity index (χ1v) is 13.1. The van der Waals surface area contributed by atoms with Gasteiger partial charge in [-0.05, 0) is 35.4 Å². The summed E-state index contributed by atoms with van der Waals surface area (Å²) in [5.41, 5.74) is 17.1. The highest BCUT2D eigenvalue weighted by atomic mass is 35.5. The van der Waals surface area contributed by atoms with E-state index >= 15 is 0 Å². The fourth-order valence-corrected chi connectivity index (χ4v) is 4.07. The van der Waals surface area contributed by atoms with Crippen molar-refractivity contribution in [1.82, 2.24) is 19.9 Å². The predicted molar refractivity (Wildman–Crippen MR) is 168 cm³/mol. The molecule has 0 radical (unpaired) electrons. The second-order valence-electron chi connectivity index (χ2n) is 9.47. The van der Waals surface area contributed by atoms with E-state index < -0.39 is 34.5 Å². The Morgan fingerprint density at radius 2 is 1.65 bits per heavy atom. The number of ether oxygens (including phenoxy) is 1. The van der Waals surface area contributed by atoms with E-state index in [2.05, 4.69) is 25.5 Å². The van der Waals surface area contributed by atoms with Crippen LogP contribution in [-0.2, 0) is 24.4 Å². The van der Waals surface area contributed by atoms with Crippen LogP contribution in [0.15, 0.2) is 64.2 Å². The van der Waals surface area contributed by atoms with Gasteiger partial charge in [0.2, 0.25) is 0 Å². The van der Waals surface area contributed by atoms with E-state index in [0.29, 0.717) is 17.7 Å². The van der Waals surface area contributed by atoms with Gasteiger partial charge in [0.05, 0.1) is 12.7 Å². The largest absolute Gasteiger partial charge is 0.477 e. The quantitative estimate of drug-likeness (QED) is 0.0967. The number of hydrogen-bond acceptors (Lipinski definition) is 12. The Kier molecular flexibility index (Phi) is 11.1. The summed E-state index contributed by atoms with van der Waals surface area (Å²) < 4.78 is 19.1. The summed E-state index contributed by atoms with van der Waals surface area (Å²) in [4.78, 5) is 61.3. The maximum atomic E-state index is 13.5. The van der Waals surface area contributed by atoms with Gasteiger partial charge in [-0.3, -0.25) is 14.4 Å². The van der Waals surface area contributed by atoms with Crippen LogP contribution in [0.4, 0.5) is 21.6 Å². The normalized spacial score (nSPS) is 10.4. The zero-order valence-corrected chi connectivity index (χ0v) is 24.9. The molecule has 5 rings (SSSR count). The van der Waals surface area contributed by atoms with E-state index in [0.717, 1.165) is 21.7 Å². The zero-order valence-electron chi connectivity index (χ0n) is 24.1. The molecule has 0 aliphatic rings. The van der Waals surface area contributed by atoms with Crippen LogP contribution < -0.4 is 38.7 Å². The maximum Gasteiger partial charge on any atom is 0.354 e. The predicted octanol–water partition coefficient (Wildman–Crippen LogP) is 1.22. The Labute approximate surface area is 265 Å². The Bertz CT molecular complexity index is 1990. The first kappa shape index (κ1) is 34.6. The van der Waals surface area contributed by atoms with Crippen molar-refractivity contribution in [3.63, 3.8) is 0 Å². The molecule has 0 spiro atoms. The van der Waals surface area contributed by atoms with E-state index in [-0.39, 0.29) is 59.7 Å². The molecule has 0 unspecified atom stereocenters. The van der Waals surface area contributed by atoms with Gasteiger partial charge in [-0.15, -0.1) is 17.5 Å². The molecule has 2 aromatic heterocycles. The van der Waals surface area contributed by atoms with Crippen molar-refractivity contribution >= 4 is 53.1 Å². The average Bonchev–Trinajstić information content (AvgIpc) is 3.43. The molecule has 0 atom stereocenters. The molecule has 0 aliphatic carbocycles. The molecule has 2 heterocycles. The fourth-order valence-electron chi connectivity index (χ4n) is 4.07. The van der Waals surface area contributed by atoms with Crippen molar-refractivity contribution in [3.05, 3.63) is 115 Å². The number of amides is 1. The van der Waals surface area contributed by atoms with Crippen molar-refractivity contribution < 1.29 is 28.6 Å². The minimum Gasteiger partial charge on any atom is -0.477 e. The molecule has 0 saturated carbocycles. The lowest BCUT2D eigenvalue weighted by atomic mass is 10.1. The average molecular weight is 655 g/mol. The molecule has 17 heteroatoms. The Balaban J connectivity index is 0.000000265. The van der Waals surface area contributed by atoms with Gasteiger partial charge in [-0.1, -0.05) is 18.2 Å². The van der Waals surface area contributed by atoms with Crippen LogP contribution in [-0.4, -0.2) is 44.7 Å². The molecule has 0 fully saturated rings. The van der Waals surface area contributed by atoms with Gasteiger partial charge in [0.15, 0.2) is 11.3 Å². The summed E-state index contributed by atoms with van der Waals surface area (Å²) in [6, 6.07) is 13.5. The lowest BCUT2D eigenvalue weighted by Crippen LogP contribution is -2.37. The minimum atomic E-state index is -1.27. The highest BCUT2D eigenvalue weighted by molar-refractivity contribution is 5.96. The summed E-state index contributed by atoms with van der Waals surface area (Å²) in [7, 11) is 1.29. The third-order valence-electron chi connectivity index (χ3n) is 6.47. The van der Waals surface area contributed by atoms with Crippen molar-refractivity contribution in [1.29, 1.82) is 0 Å². The van der Waals surface area contributed by atoms with Gasteiger partial charge in [-0.25, -0.2) is 23.5 Å². The van der Waals surface area contributed by atoms with Crippen LogP contribution in [0.25, 0.3) is 5.65 Å². The number of aromatic nitrogens is 3. The Morgan fingerprint density at radius 1 is 0.978 bits per heavy atom. The fraction of sp³-hybridized carbons (Fsp3) is 0.138. The number of carbonyl (C=O) groups excluding carboxylic acids is 2. The maximum absolute atomic E-state index is 13.5. The molecule has 15 nitrogen and oxygen atoms in total. The summed E-state index contributed by atoms with van der Waals surface area (Å²) in [6.07, 6.45) is 0. The molecule has 0 bridgehead atoms. The number of nitrogens with two attached hydrogens (primary N) is 3. The van der Waals surface area contributed by atoms with Gasteiger partial charge in [0.25, 0.3) is 16.8 Å². The number of carboxylic acids is 1. The molecule has 1 amide bonds. The number of rotatable bonds is 9. The van der Waals surface area contributed by atoms with Gasteiger partial charge in [-0.2, -0.15) is 0 Å². The standard InChI is InChI=1S/C17H15N5O5.C12H12FN3O2.ClH/c1-27-17(26)10-4-2-9(3-5-10)8-19-15(23)11-6-12(16(24)25)22-14(20-11)7-13(18)21-22;13-8-2-1-6(4-14)3-7(8)5-16-10-9(15)11(17)12(10)18;/h2-7H,8H2,1H3,(H2,18,21)(H,19,23)(H,24,25);1-3,16H,4-5,14-15H2;1H. The number of methoxy groups -OCH3 is 1. The van der Waals surface area contributed by atoms with E-state index in [1.165, 1.54) is 19.2 Å². The number of carboxylic acid groups (broad SMARTS) is 1. The third kappa shape index (κ3) is 7.61. The molecule has 0 aliphatic heterocycles. The van der Waals surface area contributed by atoms with Gasteiger partial charge < -0.3 is 37.7 Å². The number of benzene rings is 2. The van der Waals surface area contributed by atoms with Gasteiger partial charge in [0.1, 0.15) is 28.7 Å². The van der Waals surface area contributed by atoms with Gasteiger partial charge in [0, 0.05) is 37.3 Å². The number of nitrogens with zero attached hydrogens (tertiary/aromatic N) is 3. The monoisotopic (exact) mass is 654 g/mol. The van der Waals surface area contributed by atoms with Crippen LogP contribution in [0.3, 0.4) is 0 Å². The Hall–Kier alpha value is -5.87. The topological polar surface area (TPSA) is 247 Å². The van der Waals surface area contributed by atoms with E-state index in [4.69, 9.17) is 17.2 Å². The molecular formula is C29H28ClFN8O7. The number of hydrogen-bond donors (Lipinski definition) is 6. The molecule has 0 saturated heterocycles. The molecular weight excluding hydrogens is 627 g/mol. The molecule has 3 aromatic carbocycles. The van der Waals surface area contributed by atoms with Crippen molar-refractivity contribution in [2.45, 2.75) is 19.6 Å². The van der Waals surface area contributed by atoms with Crippen LogP contribution >= 0.6 is 12.4 Å². The van der Waals surface area contributed by atoms with Gasteiger partial charge >= 0.3 is 11.9 Å². The Morgan fingerprint density at radius 3 is 2.26 bits per heavy atom. The number of esters is 1. The lowest BCUT2D eigenvalue weighted by Gasteiger charge is -2.11. The van der Waals surface area contributed by atoms with E-state index in [9.17, 15) is 33.5 Å².